The molecule has 2 aromatic heterocycles. The number of hydrogen-bond acceptors (Lipinski definition) is 6. The summed E-state index contributed by atoms with van der Waals surface area (Å²) in [5, 5.41) is 0.986. The SMILES string of the molecule is CN(Cc1ccc(-c2ccc(Cl)cc2)o1)C(=O)COC(=O)c1cc(=O)c2ccccc2o1. The molecule has 0 unspecified atom stereocenters. The molecule has 1 amide bonds. The van der Waals surface area contributed by atoms with Crippen LogP contribution in [0.25, 0.3) is 22.3 Å². The minimum absolute atomic E-state index is 0.190. The number of fused-ring (bicyclic) bond motifs is 1. The molecule has 0 radical (unpaired) electrons. The maximum absolute atomic E-state index is 12.4. The van der Waals surface area contributed by atoms with Crippen LogP contribution in [0.1, 0.15) is 16.3 Å². The minimum Gasteiger partial charge on any atom is -0.459 e. The molecule has 0 saturated carbocycles. The molecule has 0 atom stereocenters. The van der Waals surface area contributed by atoms with Gasteiger partial charge in [-0.25, -0.2) is 4.79 Å². The molecule has 2 heterocycles. The Morgan fingerprint density at radius 1 is 1.00 bits per heavy atom. The maximum atomic E-state index is 12.4. The van der Waals surface area contributed by atoms with Crippen molar-refractivity contribution in [1.29, 1.82) is 0 Å². The van der Waals surface area contributed by atoms with Crippen molar-refractivity contribution in [2.45, 2.75) is 6.54 Å². The van der Waals surface area contributed by atoms with Crippen molar-refractivity contribution in [3.63, 3.8) is 0 Å². The van der Waals surface area contributed by atoms with E-state index < -0.39 is 18.5 Å². The summed E-state index contributed by atoms with van der Waals surface area (Å²) < 4.78 is 16.2. The number of carbonyl (C=O) groups excluding carboxylic acids is 2. The Hall–Kier alpha value is -3.84. The third kappa shape index (κ3) is 4.73. The molecule has 0 N–H and O–H groups in total. The molecule has 0 bridgehead atoms. The first-order valence-corrected chi connectivity index (χ1v) is 10.1. The molecule has 162 valence electrons. The first-order valence-electron chi connectivity index (χ1n) is 9.69. The van der Waals surface area contributed by atoms with Gasteiger partial charge in [0.2, 0.25) is 5.76 Å². The van der Waals surface area contributed by atoms with Gasteiger partial charge in [0.15, 0.2) is 12.0 Å². The van der Waals surface area contributed by atoms with Crippen molar-refractivity contribution in [3.8, 4) is 11.3 Å². The average molecular weight is 452 g/mol. The lowest BCUT2D eigenvalue weighted by Crippen LogP contribution is -2.30. The first-order chi connectivity index (χ1) is 15.4. The molecule has 0 fully saturated rings. The number of esters is 1. The molecule has 4 rings (SSSR count). The van der Waals surface area contributed by atoms with Crippen LogP contribution in [0.15, 0.2) is 80.4 Å². The van der Waals surface area contributed by atoms with Crippen LogP contribution in [0, 0.1) is 0 Å². The molecule has 0 aliphatic rings. The van der Waals surface area contributed by atoms with E-state index in [1.54, 1.807) is 55.6 Å². The van der Waals surface area contributed by atoms with Crippen LogP contribution >= 0.6 is 11.6 Å². The number of hydrogen-bond donors (Lipinski definition) is 0. The van der Waals surface area contributed by atoms with E-state index in [2.05, 4.69) is 0 Å². The second kappa shape index (κ2) is 9.11. The van der Waals surface area contributed by atoms with Gasteiger partial charge in [-0.3, -0.25) is 9.59 Å². The fourth-order valence-electron chi connectivity index (χ4n) is 3.07. The summed E-state index contributed by atoms with van der Waals surface area (Å²) in [5.74, 6) is -0.376. The Labute approximate surface area is 187 Å². The van der Waals surface area contributed by atoms with Crippen LogP contribution in [-0.4, -0.2) is 30.4 Å². The second-order valence-corrected chi connectivity index (χ2v) is 7.51. The van der Waals surface area contributed by atoms with Crippen LogP contribution in [0.5, 0.6) is 0 Å². The van der Waals surface area contributed by atoms with Crippen LogP contribution in [-0.2, 0) is 16.1 Å². The summed E-state index contributed by atoms with van der Waals surface area (Å²) >= 11 is 5.90. The molecule has 8 heteroatoms. The van der Waals surface area contributed by atoms with Crippen molar-refractivity contribution in [2.75, 3.05) is 13.7 Å². The third-order valence-corrected chi connectivity index (χ3v) is 5.02. The van der Waals surface area contributed by atoms with Gasteiger partial charge in [0, 0.05) is 23.7 Å². The van der Waals surface area contributed by atoms with E-state index in [1.807, 2.05) is 12.1 Å². The van der Waals surface area contributed by atoms with Gasteiger partial charge in [0.25, 0.3) is 5.91 Å². The van der Waals surface area contributed by atoms with Crippen molar-refractivity contribution in [1.82, 2.24) is 4.90 Å². The van der Waals surface area contributed by atoms with Gasteiger partial charge in [-0.1, -0.05) is 23.7 Å². The predicted molar refractivity (Wildman–Crippen MR) is 118 cm³/mol. The van der Waals surface area contributed by atoms with Gasteiger partial charge in [0.05, 0.1) is 11.9 Å². The summed E-state index contributed by atoms with van der Waals surface area (Å²) in [4.78, 5) is 38.1. The lowest BCUT2D eigenvalue weighted by atomic mass is 10.2. The third-order valence-electron chi connectivity index (χ3n) is 4.77. The first kappa shape index (κ1) is 21.4. The number of amides is 1. The Kier molecular flexibility index (Phi) is 6.09. The highest BCUT2D eigenvalue weighted by Crippen LogP contribution is 2.24. The van der Waals surface area contributed by atoms with Crippen molar-refractivity contribution >= 4 is 34.4 Å². The van der Waals surface area contributed by atoms with E-state index in [9.17, 15) is 14.4 Å². The zero-order valence-corrected chi connectivity index (χ0v) is 17.8. The van der Waals surface area contributed by atoms with E-state index in [-0.39, 0.29) is 23.3 Å². The zero-order chi connectivity index (χ0) is 22.7. The summed E-state index contributed by atoms with van der Waals surface area (Å²) in [7, 11) is 1.57. The van der Waals surface area contributed by atoms with Crippen molar-refractivity contribution in [2.24, 2.45) is 0 Å². The highest BCUT2D eigenvalue weighted by atomic mass is 35.5. The fraction of sp³-hybridized carbons (Fsp3) is 0.125. The largest absolute Gasteiger partial charge is 0.459 e. The molecule has 2 aromatic carbocycles. The number of likely N-dealkylation sites (N-methyl/N-ethyl adjacent to an activating group) is 1. The van der Waals surface area contributed by atoms with E-state index in [4.69, 9.17) is 25.2 Å². The average Bonchev–Trinajstić information content (AvgIpc) is 3.26. The summed E-state index contributed by atoms with van der Waals surface area (Å²) in [6.45, 7) is -0.314. The Morgan fingerprint density at radius 3 is 2.53 bits per heavy atom. The fourth-order valence-corrected chi connectivity index (χ4v) is 3.19. The molecule has 4 aromatic rings. The van der Waals surface area contributed by atoms with Gasteiger partial charge >= 0.3 is 5.97 Å². The standard InChI is InChI=1S/C24H18ClNO6/c1-26(13-17-10-11-20(31-17)15-6-8-16(25)9-7-15)23(28)14-30-24(29)22-12-19(27)18-4-2-3-5-21(18)32-22/h2-12H,13-14H2,1H3. The van der Waals surface area contributed by atoms with E-state index in [0.29, 0.717) is 21.9 Å². The van der Waals surface area contributed by atoms with E-state index >= 15 is 0 Å². The summed E-state index contributed by atoms with van der Waals surface area (Å²) in [6, 6.07) is 18.4. The van der Waals surface area contributed by atoms with Gasteiger partial charge in [-0.15, -0.1) is 0 Å². The Balaban J connectivity index is 1.35. The van der Waals surface area contributed by atoms with Crippen LogP contribution in [0.2, 0.25) is 5.02 Å². The van der Waals surface area contributed by atoms with E-state index in [0.717, 1.165) is 11.6 Å². The van der Waals surface area contributed by atoms with Crippen molar-refractivity contribution in [3.05, 3.63) is 93.5 Å². The highest BCUT2D eigenvalue weighted by molar-refractivity contribution is 6.30. The predicted octanol–water partition coefficient (Wildman–Crippen LogP) is 4.52. The van der Waals surface area contributed by atoms with Gasteiger partial charge in [0.1, 0.15) is 17.1 Å². The minimum atomic E-state index is -0.891. The number of para-hydroxylation sites is 1. The lowest BCUT2D eigenvalue weighted by Gasteiger charge is -2.15. The van der Waals surface area contributed by atoms with Crippen LogP contribution < -0.4 is 5.43 Å². The molecular weight excluding hydrogens is 434 g/mol. The van der Waals surface area contributed by atoms with Gasteiger partial charge in [-0.2, -0.15) is 0 Å². The number of ether oxygens (including phenoxy) is 1. The molecule has 0 aliphatic heterocycles. The number of halogens is 1. The lowest BCUT2D eigenvalue weighted by molar-refractivity contribution is -0.134. The normalized spacial score (nSPS) is 10.8. The number of nitrogens with zero attached hydrogens (tertiary/aromatic N) is 1. The zero-order valence-electron chi connectivity index (χ0n) is 17.0. The van der Waals surface area contributed by atoms with E-state index in [1.165, 1.54) is 4.90 Å². The topological polar surface area (TPSA) is 90.0 Å². The van der Waals surface area contributed by atoms with Crippen LogP contribution in [0.4, 0.5) is 0 Å². The number of carbonyl (C=O) groups is 2. The Bertz CT molecular complexity index is 1340. The molecule has 0 aliphatic carbocycles. The quantitative estimate of drug-likeness (QED) is 0.400. The second-order valence-electron chi connectivity index (χ2n) is 7.07. The number of benzene rings is 2. The molecule has 7 nitrogen and oxygen atoms in total. The van der Waals surface area contributed by atoms with Gasteiger partial charge in [-0.05, 0) is 48.5 Å². The smallest absolute Gasteiger partial charge is 0.374 e. The summed E-state index contributed by atoms with van der Waals surface area (Å²) in [6.07, 6.45) is 0. The molecular formula is C24H18ClNO6. The Morgan fingerprint density at radius 2 is 1.75 bits per heavy atom. The maximum Gasteiger partial charge on any atom is 0.374 e. The molecule has 0 spiro atoms. The molecule has 32 heavy (non-hydrogen) atoms. The van der Waals surface area contributed by atoms with Gasteiger partial charge < -0.3 is 18.5 Å². The summed E-state index contributed by atoms with van der Waals surface area (Å²) in [5.41, 5.74) is 0.765. The number of rotatable bonds is 6. The van der Waals surface area contributed by atoms with Crippen molar-refractivity contribution < 1.29 is 23.2 Å². The van der Waals surface area contributed by atoms with Crippen LogP contribution in [0.3, 0.4) is 0 Å². The monoisotopic (exact) mass is 451 g/mol. The molecule has 0 saturated heterocycles. The number of furan rings is 1. The highest BCUT2D eigenvalue weighted by Gasteiger charge is 2.18.